The molecule has 21 heavy (non-hydrogen) atoms. The van der Waals surface area contributed by atoms with E-state index in [9.17, 15) is 4.79 Å². The Kier molecular flexibility index (Phi) is 7.13. The molecule has 3 N–H and O–H groups in total. The van der Waals surface area contributed by atoms with Gasteiger partial charge in [0, 0.05) is 29.3 Å². The number of carbonyl (C=O) groups is 1. The monoisotopic (exact) mass is 375 g/mol. The van der Waals surface area contributed by atoms with Gasteiger partial charge in [-0.1, -0.05) is 22.9 Å². The maximum absolute atomic E-state index is 12.1. The van der Waals surface area contributed by atoms with Crippen molar-refractivity contribution in [2.24, 2.45) is 11.7 Å². The first-order valence-corrected chi connectivity index (χ1v) is 7.79. The van der Waals surface area contributed by atoms with Gasteiger partial charge in [-0.15, -0.1) is 12.4 Å². The molecule has 1 saturated heterocycles. The van der Waals surface area contributed by atoms with Gasteiger partial charge in [0.15, 0.2) is 0 Å². The number of anilines is 1. The lowest BCUT2D eigenvalue weighted by molar-refractivity contribution is -0.117. The van der Waals surface area contributed by atoms with E-state index in [1.807, 2.05) is 25.1 Å². The third-order valence-electron chi connectivity index (χ3n) is 3.86. The van der Waals surface area contributed by atoms with Crippen molar-refractivity contribution >= 4 is 39.9 Å². The Hall–Kier alpha value is -0.620. The fourth-order valence-corrected chi connectivity index (χ4v) is 2.77. The van der Waals surface area contributed by atoms with E-state index >= 15 is 0 Å². The number of amides is 1. The van der Waals surface area contributed by atoms with E-state index in [0.717, 1.165) is 35.2 Å². The Morgan fingerprint density at radius 1 is 1.52 bits per heavy atom. The van der Waals surface area contributed by atoms with Crippen LogP contribution >= 0.6 is 28.3 Å². The summed E-state index contributed by atoms with van der Waals surface area (Å²) in [7, 11) is 0. The molecule has 2 unspecified atom stereocenters. The molecule has 118 valence electrons. The molecule has 2 atom stereocenters. The predicted molar refractivity (Wildman–Crippen MR) is 93.0 cm³/mol. The maximum Gasteiger partial charge on any atom is 0.238 e. The van der Waals surface area contributed by atoms with Crippen molar-refractivity contribution < 1.29 is 4.79 Å². The molecule has 6 heteroatoms. The lowest BCUT2D eigenvalue weighted by Crippen LogP contribution is -2.48. The van der Waals surface area contributed by atoms with Crippen molar-refractivity contribution in [3.05, 3.63) is 28.2 Å². The topological polar surface area (TPSA) is 58.4 Å². The molecule has 2 rings (SSSR count). The molecular weight excluding hydrogens is 354 g/mol. The summed E-state index contributed by atoms with van der Waals surface area (Å²) < 4.78 is 1.05. The summed E-state index contributed by atoms with van der Waals surface area (Å²) in [5.41, 5.74) is 7.95. The van der Waals surface area contributed by atoms with Gasteiger partial charge in [-0.05, 0) is 43.0 Å². The zero-order chi connectivity index (χ0) is 14.7. The summed E-state index contributed by atoms with van der Waals surface area (Å²) in [5, 5.41) is 2.95. The van der Waals surface area contributed by atoms with Crippen LogP contribution in [0.25, 0.3) is 0 Å². The lowest BCUT2D eigenvalue weighted by Gasteiger charge is -2.34. The fourth-order valence-electron chi connectivity index (χ4n) is 2.52. The molecule has 1 aliphatic heterocycles. The standard InChI is InChI=1S/C15H22BrN3O.ClH/c1-10-7-12(3-4-13(10)16)18-15(20)9-19-6-5-14(17)11(2)8-19;/h3-4,7,11,14H,5-6,8-9,17H2,1-2H3,(H,18,20);1H. The summed E-state index contributed by atoms with van der Waals surface area (Å²) in [6.07, 6.45) is 0.964. The van der Waals surface area contributed by atoms with Crippen molar-refractivity contribution in [2.45, 2.75) is 26.3 Å². The van der Waals surface area contributed by atoms with Crippen LogP contribution < -0.4 is 11.1 Å². The molecule has 1 heterocycles. The van der Waals surface area contributed by atoms with Gasteiger partial charge in [0.1, 0.15) is 0 Å². The van der Waals surface area contributed by atoms with Crippen molar-refractivity contribution in [3.63, 3.8) is 0 Å². The van der Waals surface area contributed by atoms with Gasteiger partial charge in [0.2, 0.25) is 5.91 Å². The summed E-state index contributed by atoms with van der Waals surface area (Å²) in [5.74, 6) is 0.487. The number of carbonyl (C=O) groups excluding carboxylic acids is 1. The highest BCUT2D eigenvalue weighted by atomic mass is 79.9. The van der Waals surface area contributed by atoms with Crippen LogP contribution in [0.4, 0.5) is 5.69 Å². The second-order valence-electron chi connectivity index (χ2n) is 5.68. The fraction of sp³-hybridized carbons (Fsp3) is 0.533. The number of rotatable bonds is 3. The maximum atomic E-state index is 12.1. The zero-order valence-electron chi connectivity index (χ0n) is 12.4. The lowest BCUT2D eigenvalue weighted by atomic mass is 9.95. The number of benzene rings is 1. The molecule has 0 saturated carbocycles. The first-order chi connectivity index (χ1) is 9.45. The van der Waals surface area contributed by atoms with Gasteiger partial charge in [0.05, 0.1) is 6.54 Å². The van der Waals surface area contributed by atoms with Gasteiger partial charge >= 0.3 is 0 Å². The number of nitrogens with one attached hydrogen (secondary N) is 1. The highest BCUT2D eigenvalue weighted by Gasteiger charge is 2.24. The zero-order valence-corrected chi connectivity index (χ0v) is 14.8. The SMILES string of the molecule is Cc1cc(NC(=O)CN2CCC(N)C(C)C2)ccc1Br.Cl. The first kappa shape index (κ1) is 18.4. The number of hydrogen-bond donors (Lipinski definition) is 2. The van der Waals surface area contributed by atoms with E-state index in [0.29, 0.717) is 12.5 Å². The van der Waals surface area contributed by atoms with Crippen LogP contribution in [0, 0.1) is 12.8 Å². The Morgan fingerprint density at radius 3 is 2.86 bits per heavy atom. The summed E-state index contributed by atoms with van der Waals surface area (Å²) in [6, 6.07) is 6.09. The molecule has 1 aliphatic rings. The minimum atomic E-state index is 0. The molecule has 0 radical (unpaired) electrons. The smallest absolute Gasteiger partial charge is 0.238 e. The summed E-state index contributed by atoms with van der Waals surface area (Å²) >= 11 is 3.45. The Labute approximate surface area is 141 Å². The summed E-state index contributed by atoms with van der Waals surface area (Å²) in [4.78, 5) is 14.2. The van der Waals surface area contributed by atoms with Crippen LogP contribution in [0.2, 0.25) is 0 Å². The van der Waals surface area contributed by atoms with E-state index in [-0.39, 0.29) is 24.4 Å². The van der Waals surface area contributed by atoms with Crippen LogP contribution in [-0.4, -0.2) is 36.5 Å². The van der Waals surface area contributed by atoms with Crippen molar-refractivity contribution in [3.8, 4) is 0 Å². The first-order valence-electron chi connectivity index (χ1n) is 6.99. The molecule has 0 aromatic heterocycles. The van der Waals surface area contributed by atoms with Crippen molar-refractivity contribution in [1.82, 2.24) is 4.90 Å². The average Bonchev–Trinajstić information content (AvgIpc) is 2.38. The number of likely N-dealkylation sites (tertiary alicyclic amines) is 1. The molecule has 1 aromatic carbocycles. The van der Waals surface area contributed by atoms with Crippen LogP contribution in [-0.2, 0) is 4.79 Å². The van der Waals surface area contributed by atoms with Gasteiger partial charge in [-0.25, -0.2) is 0 Å². The van der Waals surface area contributed by atoms with E-state index in [1.165, 1.54) is 0 Å². The van der Waals surface area contributed by atoms with Gasteiger partial charge < -0.3 is 11.1 Å². The van der Waals surface area contributed by atoms with Crippen molar-refractivity contribution in [2.75, 3.05) is 25.0 Å². The van der Waals surface area contributed by atoms with Crippen LogP contribution in [0.1, 0.15) is 18.9 Å². The minimum Gasteiger partial charge on any atom is -0.327 e. The summed E-state index contributed by atoms with van der Waals surface area (Å²) in [6.45, 7) is 6.39. The number of nitrogens with two attached hydrogens (primary N) is 1. The molecular formula is C15H23BrClN3O. The largest absolute Gasteiger partial charge is 0.327 e. The second-order valence-corrected chi connectivity index (χ2v) is 6.53. The molecule has 4 nitrogen and oxygen atoms in total. The molecule has 1 amide bonds. The third-order valence-corrected chi connectivity index (χ3v) is 4.75. The van der Waals surface area contributed by atoms with Gasteiger partial charge in [-0.2, -0.15) is 0 Å². The molecule has 0 bridgehead atoms. The van der Waals surface area contributed by atoms with Crippen LogP contribution in [0.3, 0.4) is 0 Å². The Bertz CT molecular complexity index is 498. The van der Waals surface area contributed by atoms with E-state index in [1.54, 1.807) is 0 Å². The Morgan fingerprint density at radius 2 is 2.24 bits per heavy atom. The highest BCUT2D eigenvalue weighted by molar-refractivity contribution is 9.10. The number of halogens is 2. The highest BCUT2D eigenvalue weighted by Crippen LogP contribution is 2.20. The average molecular weight is 377 g/mol. The van der Waals surface area contributed by atoms with Crippen molar-refractivity contribution in [1.29, 1.82) is 0 Å². The minimum absolute atomic E-state index is 0. The number of nitrogens with zero attached hydrogens (tertiary/aromatic N) is 1. The van der Waals surface area contributed by atoms with E-state index in [4.69, 9.17) is 5.73 Å². The number of aryl methyl sites for hydroxylation is 1. The molecule has 0 aliphatic carbocycles. The van der Waals surface area contributed by atoms with Gasteiger partial charge in [-0.3, -0.25) is 9.69 Å². The second kappa shape index (κ2) is 8.13. The predicted octanol–water partition coefficient (Wildman–Crippen LogP) is 2.79. The number of piperidine rings is 1. The quantitative estimate of drug-likeness (QED) is 0.853. The van der Waals surface area contributed by atoms with E-state index < -0.39 is 0 Å². The Balaban J connectivity index is 0.00000220. The van der Waals surface area contributed by atoms with Gasteiger partial charge in [0.25, 0.3) is 0 Å². The molecule has 1 fully saturated rings. The number of hydrogen-bond acceptors (Lipinski definition) is 3. The third kappa shape index (κ3) is 5.25. The van der Waals surface area contributed by atoms with Crippen LogP contribution in [0.5, 0.6) is 0 Å². The normalized spacial score (nSPS) is 22.5. The van der Waals surface area contributed by atoms with E-state index in [2.05, 4.69) is 33.1 Å². The molecule has 0 spiro atoms. The molecule has 1 aromatic rings. The van der Waals surface area contributed by atoms with Crippen LogP contribution in [0.15, 0.2) is 22.7 Å².